The molecule has 0 aromatic rings. The van der Waals surface area contributed by atoms with Crippen molar-refractivity contribution in [2.45, 2.75) is 20.3 Å². The van der Waals surface area contributed by atoms with Gasteiger partial charge in [-0.25, -0.2) is 0 Å². The van der Waals surface area contributed by atoms with Gasteiger partial charge >= 0.3 is 0 Å². The van der Waals surface area contributed by atoms with Crippen LogP contribution in [0.2, 0.25) is 0 Å². The molecule has 0 saturated carbocycles. The van der Waals surface area contributed by atoms with E-state index in [1.165, 1.54) is 0 Å². The first-order chi connectivity index (χ1) is 4.27. The molecule has 0 aromatic heterocycles. The lowest BCUT2D eigenvalue weighted by molar-refractivity contribution is 0.206. The van der Waals surface area contributed by atoms with E-state index in [0.29, 0.717) is 5.92 Å². The van der Waals surface area contributed by atoms with Crippen LogP contribution in [0.5, 0.6) is 0 Å². The second-order valence-electron chi connectivity index (χ2n) is 2.22. The standard InChI is InChI=1S/C8H14O/c1-8(2)6-4-5-7-9-3/h8H,5,7H2,1-3H3. The molecule has 0 bridgehead atoms. The maximum Gasteiger partial charge on any atom is 0.0571 e. The molecule has 0 amide bonds. The average molecular weight is 126 g/mol. The third-order valence-electron chi connectivity index (χ3n) is 0.822. The summed E-state index contributed by atoms with van der Waals surface area (Å²) in [5, 5.41) is 0. The van der Waals surface area contributed by atoms with E-state index in [9.17, 15) is 0 Å². The highest BCUT2D eigenvalue weighted by Gasteiger charge is 1.80. The minimum atomic E-state index is 0.488. The lowest BCUT2D eigenvalue weighted by Gasteiger charge is -1.89. The summed E-state index contributed by atoms with van der Waals surface area (Å²) in [6.45, 7) is 4.92. The molecule has 0 radical (unpaired) electrons. The zero-order valence-corrected chi connectivity index (χ0v) is 6.40. The molecule has 0 aliphatic heterocycles. The van der Waals surface area contributed by atoms with Crippen molar-refractivity contribution in [2.75, 3.05) is 13.7 Å². The molecule has 52 valence electrons. The number of rotatable bonds is 2. The van der Waals surface area contributed by atoms with Gasteiger partial charge in [0.15, 0.2) is 0 Å². The Hall–Kier alpha value is -0.480. The normalized spacial score (nSPS) is 8.89. The number of hydrogen-bond donors (Lipinski definition) is 0. The van der Waals surface area contributed by atoms with Gasteiger partial charge in [0.2, 0.25) is 0 Å². The second kappa shape index (κ2) is 5.65. The first kappa shape index (κ1) is 8.52. The van der Waals surface area contributed by atoms with Crippen molar-refractivity contribution in [1.82, 2.24) is 0 Å². The van der Waals surface area contributed by atoms with Crippen LogP contribution in [0, 0.1) is 17.8 Å². The monoisotopic (exact) mass is 126 g/mol. The first-order valence-electron chi connectivity index (χ1n) is 3.24. The van der Waals surface area contributed by atoms with Crippen LogP contribution < -0.4 is 0 Å². The molecule has 0 N–H and O–H groups in total. The van der Waals surface area contributed by atoms with Crippen LogP contribution in [0.3, 0.4) is 0 Å². The third-order valence-corrected chi connectivity index (χ3v) is 0.822. The van der Waals surface area contributed by atoms with E-state index >= 15 is 0 Å². The Morgan fingerprint density at radius 1 is 1.44 bits per heavy atom. The molecule has 0 heterocycles. The Morgan fingerprint density at radius 3 is 2.56 bits per heavy atom. The molecule has 0 unspecified atom stereocenters. The van der Waals surface area contributed by atoms with Crippen LogP contribution >= 0.6 is 0 Å². The van der Waals surface area contributed by atoms with E-state index in [0.717, 1.165) is 13.0 Å². The fraction of sp³-hybridized carbons (Fsp3) is 0.750. The fourth-order valence-electron chi connectivity index (χ4n) is 0.429. The molecule has 1 nitrogen and oxygen atoms in total. The summed E-state index contributed by atoms with van der Waals surface area (Å²) in [5.74, 6) is 6.55. The van der Waals surface area contributed by atoms with Crippen molar-refractivity contribution in [3.05, 3.63) is 0 Å². The predicted molar refractivity (Wildman–Crippen MR) is 39.1 cm³/mol. The highest BCUT2D eigenvalue weighted by atomic mass is 16.5. The average Bonchev–Trinajstić information content (AvgIpc) is 1.80. The summed E-state index contributed by atoms with van der Waals surface area (Å²) in [5.41, 5.74) is 0. The van der Waals surface area contributed by atoms with Gasteiger partial charge in [0.05, 0.1) is 6.61 Å². The summed E-state index contributed by atoms with van der Waals surface area (Å²) in [4.78, 5) is 0. The van der Waals surface area contributed by atoms with Gasteiger partial charge in [-0.2, -0.15) is 0 Å². The van der Waals surface area contributed by atoms with Crippen molar-refractivity contribution in [1.29, 1.82) is 0 Å². The minimum absolute atomic E-state index is 0.488. The van der Waals surface area contributed by atoms with E-state index in [1.807, 2.05) is 0 Å². The molecule has 0 atom stereocenters. The predicted octanol–water partition coefficient (Wildman–Crippen LogP) is 1.68. The van der Waals surface area contributed by atoms with Crippen LogP contribution in [-0.2, 0) is 4.74 Å². The molecule has 0 spiro atoms. The topological polar surface area (TPSA) is 9.23 Å². The number of methoxy groups -OCH3 is 1. The molecule has 0 fully saturated rings. The zero-order chi connectivity index (χ0) is 7.11. The largest absolute Gasteiger partial charge is 0.384 e. The van der Waals surface area contributed by atoms with E-state index in [2.05, 4.69) is 25.7 Å². The number of hydrogen-bond acceptors (Lipinski definition) is 1. The van der Waals surface area contributed by atoms with Crippen LogP contribution in [0.4, 0.5) is 0 Å². The highest BCUT2D eigenvalue weighted by Crippen LogP contribution is 1.86. The lowest BCUT2D eigenvalue weighted by atomic mass is 10.2. The van der Waals surface area contributed by atoms with Gasteiger partial charge in [0.25, 0.3) is 0 Å². The van der Waals surface area contributed by atoms with Gasteiger partial charge in [-0.1, -0.05) is 13.8 Å². The Morgan fingerprint density at radius 2 is 2.11 bits per heavy atom. The summed E-state index contributed by atoms with van der Waals surface area (Å²) in [6, 6.07) is 0. The summed E-state index contributed by atoms with van der Waals surface area (Å²) in [7, 11) is 1.69. The van der Waals surface area contributed by atoms with Gasteiger partial charge in [-0.3, -0.25) is 0 Å². The van der Waals surface area contributed by atoms with Crippen LogP contribution in [0.25, 0.3) is 0 Å². The highest BCUT2D eigenvalue weighted by molar-refractivity contribution is 5.00. The van der Waals surface area contributed by atoms with Gasteiger partial charge < -0.3 is 4.74 Å². The van der Waals surface area contributed by atoms with Gasteiger partial charge in [-0.15, -0.1) is 11.8 Å². The molecule has 0 aliphatic carbocycles. The maximum absolute atomic E-state index is 4.82. The maximum atomic E-state index is 4.82. The van der Waals surface area contributed by atoms with E-state index < -0.39 is 0 Å². The molecule has 1 heteroatoms. The van der Waals surface area contributed by atoms with Crippen molar-refractivity contribution in [3.63, 3.8) is 0 Å². The van der Waals surface area contributed by atoms with Crippen molar-refractivity contribution >= 4 is 0 Å². The Labute approximate surface area is 57.4 Å². The van der Waals surface area contributed by atoms with Gasteiger partial charge in [-0.05, 0) is 0 Å². The molecular weight excluding hydrogens is 112 g/mol. The summed E-state index contributed by atoms with van der Waals surface area (Å²) >= 11 is 0. The minimum Gasteiger partial charge on any atom is -0.384 e. The fourth-order valence-corrected chi connectivity index (χ4v) is 0.429. The molecule has 0 aliphatic rings. The van der Waals surface area contributed by atoms with E-state index in [4.69, 9.17) is 4.74 Å². The molecular formula is C8H14O. The van der Waals surface area contributed by atoms with E-state index in [1.54, 1.807) is 7.11 Å². The van der Waals surface area contributed by atoms with Crippen molar-refractivity contribution < 1.29 is 4.74 Å². The van der Waals surface area contributed by atoms with E-state index in [-0.39, 0.29) is 0 Å². The van der Waals surface area contributed by atoms with Crippen LogP contribution in [0.1, 0.15) is 20.3 Å². The van der Waals surface area contributed by atoms with Crippen LogP contribution in [-0.4, -0.2) is 13.7 Å². The Kier molecular flexibility index (Phi) is 5.35. The molecule has 0 rings (SSSR count). The Bertz CT molecular complexity index is 105. The Balaban J connectivity index is 3.16. The van der Waals surface area contributed by atoms with Gasteiger partial charge in [0.1, 0.15) is 0 Å². The molecule has 0 saturated heterocycles. The van der Waals surface area contributed by atoms with Gasteiger partial charge in [0, 0.05) is 19.4 Å². The second-order valence-corrected chi connectivity index (χ2v) is 2.22. The van der Waals surface area contributed by atoms with Crippen molar-refractivity contribution in [3.8, 4) is 11.8 Å². The SMILES string of the molecule is COCCC#CC(C)C. The summed E-state index contributed by atoms with van der Waals surface area (Å²) < 4.78 is 4.82. The smallest absolute Gasteiger partial charge is 0.0571 e. The zero-order valence-electron chi connectivity index (χ0n) is 6.40. The molecule has 0 aromatic carbocycles. The molecule has 9 heavy (non-hydrogen) atoms. The van der Waals surface area contributed by atoms with Crippen LogP contribution in [0.15, 0.2) is 0 Å². The quantitative estimate of drug-likeness (QED) is 0.404. The lowest BCUT2D eigenvalue weighted by Crippen LogP contribution is -1.85. The first-order valence-corrected chi connectivity index (χ1v) is 3.24. The van der Waals surface area contributed by atoms with Crippen molar-refractivity contribution in [2.24, 2.45) is 5.92 Å². The third kappa shape index (κ3) is 7.52. The number of ether oxygens (including phenoxy) is 1. The summed E-state index contributed by atoms with van der Waals surface area (Å²) in [6.07, 6.45) is 0.856.